The summed E-state index contributed by atoms with van der Waals surface area (Å²) in [4.78, 5) is 0. The van der Waals surface area contributed by atoms with Gasteiger partial charge in [0.2, 0.25) is 0 Å². The standard InChI is InChI=1S/C20H34O/c1-18-8-15-9-19(2,12-18)14-20(10-15,13-18)11-17(21)16-6-4-3-5-7-16/h15-17,21H,3-14H2,1-2H3. The number of hydrogen-bond donors (Lipinski definition) is 1. The predicted molar refractivity (Wildman–Crippen MR) is 87.0 cm³/mol. The number of rotatable bonds is 3. The minimum atomic E-state index is -0.00579. The fourth-order valence-corrected chi connectivity index (χ4v) is 8.04. The third-order valence-corrected chi connectivity index (χ3v) is 7.58. The van der Waals surface area contributed by atoms with Crippen LogP contribution in [-0.2, 0) is 0 Å². The van der Waals surface area contributed by atoms with Gasteiger partial charge in [0.15, 0.2) is 0 Å². The molecule has 0 heterocycles. The average Bonchev–Trinajstić information content (AvgIpc) is 2.34. The monoisotopic (exact) mass is 290 g/mol. The molecule has 21 heavy (non-hydrogen) atoms. The third-order valence-electron chi connectivity index (χ3n) is 7.58. The SMILES string of the molecule is CC12CC3CC(C)(C1)CC(CC(O)C1CCCCC1)(C3)C2. The Hall–Kier alpha value is -0.0400. The van der Waals surface area contributed by atoms with E-state index >= 15 is 0 Å². The maximum absolute atomic E-state index is 10.9. The van der Waals surface area contributed by atoms with Crippen molar-refractivity contribution >= 4 is 0 Å². The maximum atomic E-state index is 10.9. The Bertz CT molecular complexity index is 390. The van der Waals surface area contributed by atoms with Gasteiger partial charge in [0, 0.05) is 0 Å². The summed E-state index contributed by atoms with van der Waals surface area (Å²) in [5, 5.41) is 10.9. The molecule has 0 aromatic rings. The lowest BCUT2D eigenvalue weighted by molar-refractivity contribution is -0.160. The Kier molecular flexibility index (Phi) is 3.27. The Morgan fingerprint density at radius 3 is 2.10 bits per heavy atom. The summed E-state index contributed by atoms with van der Waals surface area (Å²) in [7, 11) is 0. The molecule has 0 aliphatic heterocycles. The number of aliphatic hydroxyl groups excluding tert-OH is 1. The van der Waals surface area contributed by atoms with E-state index in [-0.39, 0.29) is 6.10 Å². The molecule has 5 fully saturated rings. The van der Waals surface area contributed by atoms with Crippen molar-refractivity contribution < 1.29 is 5.11 Å². The highest BCUT2D eigenvalue weighted by molar-refractivity contribution is 5.10. The molecule has 1 nitrogen and oxygen atoms in total. The van der Waals surface area contributed by atoms with Crippen molar-refractivity contribution in [2.75, 3.05) is 0 Å². The number of hydrogen-bond acceptors (Lipinski definition) is 1. The molecule has 0 saturated heterocycles. The zero-order valence-electron chi connectivity index (χ0n) is 14.2. The van der Waals surface area contributed by atoms with Gasteiger partial charge in [-0.3, -0.25) is 0 Å². The molecule has 3 unspecified atom stereocenters. The van der Waals surface area contributed by atoms with Crippen molar-refractivity contribution in [3.63, 3.8) is 0 Å². The molecule has 3 atom stereocenters. The van der Waals surface area contributed by atoms with Crippen LogP contribution < -0.4 is 0 Å². The highest BCUT2D eigenvalue weighted by atomic mass is 16.3. The normalized spacial score (nSPS) is 51.3. The van der Waals surface area contributed by atoms with Crippen molar-refractivity contribution in [2.45, 2.75) is 97.0 Å². The minimum Gasteiger partial charge on any atom is -0.393 e. The van der Waals surface area contributed by atoms with E-state index < -0.39 is 0 Å². The zero-order chi connectivity index (χ0) is 14.7. The topological polar surface area (TPSA) is 20.2 Å². The van der Waals surface area contributed by atoms with E-state index in [4.69, 9.17) is 0 Å². The van der Waals surface area contributed by atoms with Crippen LogP contribution in [0.25, 0.3) is 0 Å². The molecule has 1 N–H and O–H groups in total. The smallest absolute Gasteiger partial charge is 0.0573 e. The second-order valence-corrected chi connectivity index (χ2v) is 10.3. The molecule has 0 aromatic heterocycles. The van der Waals surface area contributed by atoms with Gasteiger partial charge in [0.1, 0.15) is 0 Å². The first kappa shape index (κ1) is 14.5. The summed E-state index contributed by atoms with van der Waals surface area (Å²) in [6, 6.07) is 0. The molecule has 5 aliphatic carbocycles. The first-order chi connectivity index (χ1) is 9.90. The van der Waals surface area contributed by atoms with Gasteiger partial charge in [0.05, 0.1) is 6.10 Å². The van der Waals surface area contributed by atoms with Crippen molar-refractivity contribution in [3.8, 4) is 0 Å². The minimum absolute atomic E-state index is 0.00579. The molecule has 0 amide bonds. The summed E-state index contributed by atoms with van der Waals surface area (Å²) < 4.78 is 0. The van der Waals surface area contributed by atoms with Crippen LogP contribution in [0.2, 0.25) is 0 Å². The first-order valence-electron chi connectivity index (χ1n) is 9.58. The Labute approximate surface area is 130 Å². The largest absolute Gasteiger partial charge is 0.393 e. The fraction of sp³-hybridized carbons (Fsp3) is 1.00. The Morgan fingerprint density at radius 1 is 0.905 bits per heavy atom. The van der Waals surface area contributed by atoms with Gasteiger partial charge >= 0.3 is 0 Å². The van der Waals surface area contributed by atoms with E-state index in [0.29, 0.717) is 22.2 Å². The van der Waals surface area contributed by atoms with Crippen LogP contribution >= 0.6 is 0 Å². The van der Waals surface area contributed by atoms with Crippen molar-refractivity contribution in [3.05, 3.63) is 0 Å². The molecule has 5 saturated carbocycles. The predicted octanol–water partition coefficient (Wildman–Crippen LogP) is 5.31. The van der Waals surface area contributed by atoms with E-state index in [1.165, 1.54) is 70.6 Å². The molecule has 0 radical (unpaired) electrons. The summed E-state index contributed by atoms with van der Waals surface area (Å²) in [5.74, 6) is 1.59. The van der Waals surface area contributed by atoms with Gasteiger partial charge in [-0.2, -0.15) is 0 Å². The van der Waals surface area contributed by atoms with Crippen LogP contribution in [-0.4, -0.2) is 11.2 Å². The van der Waals surface area contributed by atoms with Gasteiger partial charge in [-0.15, -0.1) is 0 Å². The fourth-order valence-electron chi connectivity index (χ4n) is 8.04. The van der Waals surface area contributed by atoms with Crippen molar-refractivity contribution in [1.29, 1.82) is 0 Å². The maximum Gasteiger partial charge on any atom is 0.0573 e. The van der Waals surface area contributed by atoms with Crippen molar-refractivity contribution in [2.24, 2.45) is 28.1 Å². The highest BCUT2D eigenvalue weighted by Gasteiger charge is 2.60. The van der Waals surface area contributed by atoms with Crippen LogP contribution in [0.15, 0.2) is 0 Å². The van der Waals surface area contributed by atoms with E-state index in [0.717, 1.165) is 12.3 Å². The summed E-state index contributed by atoms with van der Waals surface area (Å²) in [5.41, 5.74) is 1.70. The van der Waals surface area contributed by atoms with Gasteiger partial charge < -0.3 is 5.11 Å². The Balaban J connectivity index is 1.51. The van der Waals surface area contributed by atoms with Crippen molar-refractivity contribution in [1.82, 2.24) is 0 Å². The summed E-state index contributed by atoms with van der Waals surface area (Å²) in [6.45, 7) is 5.11. The lowest BCUT2D eigenvalue weighted by atomic mass is 9.39. The van der Waals surface area contributed by atoms with E-state index in [1.54, 1.807) is 0 Å². The van der Waals surface area contributed by atoms with E-state index in [1.807, 2.05) is 0 Å². The third kappa shape index (κ3) is 2.58. The van der Waals surface area contributed by atoms with Crippen LogP contribution in [0.1, 0.15) is 90.9 Å². The molecule has 0 aromatic carbocycles. The highest BCUT2D eigenvalue weighted by Crippen LogP contribution is 2.70. The van der Waals surface area contributed by atoms with Gasteiger partial charge in [-0.25, -0.2) is 0 Å². The van der Waals surface area contributed by atoms with Crippen LogP contribution in [0.4, 0.5) is 0 Å². The molecular weight excluding hydrogens is 256 g/mol. The lowest BCUT2D eigenvalue weighted by Gasteiger charge is -2.66. The number of aliphatic hydroxyl groups is 1. The molecule has 1 heteroatoms. The first-order valence-corrected chi connectivity index (χ1v) is 9.58. The molecule has 5 rings (SSSR count). The lowest BCUT2D eigenvalue weighted by Crippen LogP contribution is -2.56. The van der Waals surface area contributed by atoms with Gasteiger partial charge in [0.25, 0.3) is 0 Å². The van der Waals surface area contributed by atoms with Crippen LogP contribution in [0.5, 0.6) is 0 Å². The summed E-state index contributed by atoms with van der Waals surface area (Å²) >= 11 is 0. The van der Waals surface area contributed by atoms with Gasteiger partial charge in [-0.1, -0.05) is 33.1 Å². The quantitative estimate of drug-likeness (QED) is 0.746. The van der Waals surface area contributed by atoms with Crippen LogP contribution in [0.3, 0.4) is 0 Å². The zero-order valence-corrected chi connectivity index (χ0v) is 14.2. The van der Waals surface area contributed by atoms with E-state index in [2.05, 4.69) is 13.8 Å². The van der Waals surface area contributed by atoms with Crippen LogP contribution in [0, 0.1) is 28.1 Å². The second kappa shape index (κ2) is 4.73. The molecular formula is C20H34O. The Morgan fingerprint density at radius 2 is 1.52 bits per heavy atom. The van der Waals surface area contributed by atoms with E-state index in [9.17, 15) is 5.11 Å². The molecule has 4 bridgehead atoms. The average molecular weight is 290 g/mol. The van der Waals surface area contributed by atoms with Gasteiger partial charge in [-0.05, 0) is 85.9 Å². The molecule has 5 aliphatic rings. The second-order valence-electron chi connectivity index (χ2n) is 10.3. The molecule has 0 spiro atoms. The molecule has 120 valence electrons. The summed E-state index contributed by atoms with van der Waals surface area (Å²) in [6.07, 6.45) is 16.5.